The van der Waals surface area contributed by atoms with Crippen molar-refractivity contribution in [1.29, 1.82) is 0 Å². The van der Waals surface area contributed by atoms with E-state index in [0.29, 0.717) is 18.8 Å². The number of ether oxygens (including phenoxy) is 1. The van der Waals surface area contributed by atoms with Gasteiger partial charge in [0.1, 0.15) is 17.8 Å². The van der Waals surface area contributed by atoms with Crippen LogP contribution in [0.3, 0.4) is 0 Å². The van der Waals surface area contributed by atoms with Crippen LogP contribution >= 0.6 is 0 Å². The van der Waals surface area contributed by atoms with Gasteiger partial charge in [-0.05, 0) is 43.7 Å². The molecule has 4 rings (SSSR count). The van der Waals surface area contributed by atoms with E-state index in [1.165, 1.54) is 28.0 Å². The number of amides is 5. The minimum absolute atomic E-state index is 0.0222. The molecule has 0 aromatic heterocycles. The third-order valence-corrected chi connectivity index (χ3v) is 6.92. The van der Waals surface area contributed by atoms with Gasteiger partial charge >= 0.3 is 12.6 Å². The molecule has 2 heterocycles. The van der Waals surface area contributed by atoms with Crippen LogP contribution in [0.25, 0.3) is 0 Å². The number of nitrogens with one attached hydrogen (secondary N) is 1. The van der Waals surface area contributed by atoms with Crippen molar-refractivity contribution in [3.8, 4) is 5.75 Å². The smallest absolute Gasteiger partial charge is 0.387 e. The van der Waals surface area contributed by atoms with Crippen molar-refractivity contribution < 1.29 is 32.7 Å². The average molecular weight is 478 g/mol. The molecule has 11 heteroatoms. The number of imide groups is 1. The van der Waals surface area contributed by atoms with Crippen LogP contribution in [0.1, 0.15) is 43.0 Å². The summed E-state index contributed by atoms with van der Waals surface area (Å²) in [4.78, 5) is 55.1. The van der Waals surface area contributed by atoms with E-state index in [4.69, 9.17) is 0 Å². The van der Waals surface area contributed by atoms with Gasteiger partial charge in [0.05, 0.1) is 5.56 Å². The Morgan fingerprint density at radius 2 is 1.71 bits per heavy atom. The van der Waals surface area contributed by atoms with E-state index in [1.54, 1.807) is 6.07 Å². The van der Waals surface area contributed by atoms with Crippen LogP contribution in [0, 0.1) is 5.92 Å². The number of rotatable bonds is 5. The Kier molecular flexibility index (Phi) is 6.72. The van der Waals surface area contributed by atoms with Crippen LogP contribution < -0.4 is 10.1 Å². The van der Waals surface area contributed by atoms with Gasteiger partial charge in [-0.25, -0.2) is 4.79 Å². The Morgan fingerprint density at radius 1 is 1.09 bits per heavy atom. The van der Waals surface area contributed by atoms with Gasteiger partial charge in [0.25, 0.3) is 11.8 Å². The standard InChI is InChI=1S/C23H28F2N4O5/c1-15-6-8-23(9-7-15)20(32)29(22(33)26-23)14-18(30)27-10-12-28(13-11-27)19(31)16-4-2-3-5-17(16)34-21(24)25/h2-5,15,21H,6-14H2,1H3,(H,26,33). The lowest BCUT2D eigenvalue weighted by molar-refractivity contribution is -0.140. The molecule has 0 atom stereocenters. The highest BCUT2D eigenvalue weighted by atomic mass is 19.3. The van der Waals surface area contributed by atoms with Crippen molar-refractivity contribution in [2.45, 2.75) is 44.8 Å². The van der Waals surface area contributed by atoms with Crippen LogP contribution in [0.4, 0.5) is 13.6 Å². The largest absolute Gasteiger partial charge is 0.434 e. The molecule has 3 fully saturated rings. The first-order valence-corrected chi connectivity index (χ1v) is 11.5. The number of nitrogens with zero attached hydrogens (tertiary/aromatic N) is 3. The molecular formula is C23H28F2N4O5. The lowest BCUT2D eigenvalue weighted by Gasteiger charge is -2.36. The first kappa shape index (κ1) is 23.9. The van der Waals surface area contributed by atoms with Crippen molar-refractivity contribution in [2.24, 2.45) is 5.92 Å². The summed E-state index contributed by atoms with van der Waals surface area (Å²) < 4.78 is 29.8. The van der Waals surface area contributed by atoms with Gasteiger partial charge in [-0.2, -0.15) is 8.78 Å². The fourth-order valence-corrected chi connectivity index (χ4v) is 4.82. The second-order valence-corrected chi connectivity index (χ2v) is 9.13. The molecular weight excluding hydrogens is 450 g/mol. The van der Waals surface area contributed by atoms with Crippen LogP contribution in [-0.2, 0) is 9.59 Å². The van der Waals surface area contributed by atoms with Crippen LogP contribution in [0.5, 0.6) is 5.75 Å². The third kappa shape index (κ3) is 4.69. The van der Waals surface area contributed by atoms with E-state index < -0.39 is 24.1 Å². The highest BCUT2D eigenvalue weighted by Gasteiger charge is 2.52. The summed E-state index contributed by atoms with van der Waals surface area (Å²) in [5.74, 6) is -0.893. The quantitative estimate of drug-likeness (QED) is 0.654. The Bertz CT molecular complexity index is 972. The zero-order valence-corrected chi connectivity index (χ0v) is 19.0. The zero-order valence-electron chi connectivity index (χ0n) is 19.0. The molecule has 34 heavy (non-hydrogen) atoms. The molecule has 1 N–H and O–H groups in total. The molecule has 2 saturated heterocycles. The second-order valence-electron chi connectivity index (χ2n) is 9.13. The highest BCUT2D eigenvalue weighted by Crippen LogP contribution is 2.36. The van der Waals surface area contributed by atoms with Gasteiger partial charge in [0, 0.05) is 26.2 Å². The van der Waals surface area contributed by atoms with Gasteiger partial charge in [-0.1, -0.05) is 19.1 Å². The number of halogens is 2. The third-order valence-electron chi connectivity index (χ3n) is 6.92. The van der Waals surface area contributed by atoms with Crippen molar-refractivity contribution in [3.05, 3.63) is 29.8 Å². The Morgan fingerprint density at radius 3 is 2.35 bits per heavy atom. The summed E-state index contributed by atoms with van der Waals surface area (Å²) in [7, 11) is 0. The second kappa shape index (κ2) is 9.55. The Hall–Kier alpha value is -3.24. The number of hydrogen-bond donors (Lipinski definition) is 1. The van der Waals surface area contributed by atoms with Gasteiger partial charge in [-0.3, -0.25) is 19.3 Å². The van der Waals surface area contributed by atoms with Crippen LogP contribution in [-0.4, -0.2) is 83.3 Å². The first-order chi connectivity index (χ1) is 16.2. The maximum absolute atomic E-state index is 13.0. The number of carbonyl (C=O) groups is 4. The predicted molar refractivity (Wildman–Crippen MR) is 116 cm³/mol. The number of urea groups is 1. The number of hydrogen-bond acceptors (Lipinski definition) is 5. The summed E-state index contributed by atoms with van der Waals surface area (Å²) >= 11 is 0. The minimum Gasteiger partial charge on any atom is -0.434 e. The maximum Gasteiger partial charge on any atom is 0.387 e. The fourth-order valence-electron chi connectivity index (χ4n) is 4.82. The van der Waals surface area contributed by atoms with Gasteiger partial charge < -0.3 is 19.9 Å². The number of alkyl halides is 2. The summed E-state index contributed by atoms with van der Waals surface area (Å²) in [5, 5.41) is 2.81. The van der Waals surface area contributed by atoms with Gasteiger partial charge in [-0.15, -0.1) is 0 Å². The highest BCUT2D eigenvalue weighted by molar-refractivity contribution is 6.09. The summed E-state index contributed by atoms with van der Waals surface area (Å²) in [6.07, 6.45) is 2.83. The van der Waals surface area contributed by atoms with E-state index >= 15 is 0 Å². The molecule has 184 valence electrons. The molecule has 5 amide bonds. The van der Waals surface area contributed by atoms with E-state index in [-0.39, 0.29) is 55.9 Å². The van der Waals surface area contributed by atoms with Crippen molar-refractivity contribution >= 4 is 23.8 Å². The molecule has 1 aromatic carbocycles. The Labute approximate surface area is 196 Å². The molecule has 1 spiro atoms. The van der Waals surface area contributed by atoms with E-state index in [1.807, 2.05) is 0 Å². The molecule has 2 aliphatic heterocycles. The summed E-state index contributed by atoms with van der Waals surface area (Å²) in [6.45, 7) is -0.495. The molecule has 0 radical (unpaired) electrons. The molecule has 1 saturated carbocycles. The van der Waals surface area contributed by atoms with Gasteiger partial charge in [0.2, 0.25) is 5.91 Å². The molecule has 0 bridgehead atoms. The Balaban J connectivity index is 1.33. The predicted octanol–water partition coefficient (Wildman–Crippen LogP) is 2.07. The molecule has 9 nitrogen and oxygen atoms in total. The monoisotopic (exact) mass is 478 g/mol. The number of piperazine rings is 1. The fraction of sp³-hybridized carbons (Fsp3) is 0.565. The van der Waals surface area contributed by atoms with Crippen LogP contribution in [0.15, 0.2) is 24.3 Å². The van der Waals surface area contributed by atoms with E-state index in [9.17, 15) is 28.0 Å². The molecule has 1 aliphatic carbocycles. The molecule has 0 unspecified atom stereocenters. The number of carbonyl (C=O) groups excluding carboxylic acids is 4. The number of para-hydroxylation sites is 1. The van der Waals surface area contributed by atoms with Crippen molar-refractivity contribution in [3.63, 3.8) is 0 Å². The first-order valence-electron chi connectivity index (χ1n) is 11.5. The van der Waals surface area contributed by atoms with E-state index in [0.717, 1.165) is 17.7 Å². The maximum atomic E-state index is 13.0. The topological polar surface area (TPSA) is 99.3 Å². The lowest BCUT2D eigenvalue weighted by atomic mass is 9.77. The zero-order chi connectivity index (χ0) is 24.5. The number of benzene rings is 1. The normalized spacial score (nSPS) is 25.2. The molecule has 3 aliphatic rings. The van der Waals surface area contributed by atoms with E-state index in [2.05, 4.69) is 17.0 Å². The van der Waals surface area contributed by atoms with Gasteiger partial charge in [0.15, 0.2) is 0 Å². The SMILES string of the molecule is CC1CCC2(CC1)NC(=O)N(CC(=O)N1CCN(C(=O)c3ccccc3OC(F)F)CC1)C2=O. The lowest BCUT2D eigenvalue weighted by Crippen LogP contribution is -2.53. The minimum atomic E-state index is -3.05. The summed E-state index contributed by atoms with van der Waals surface area (Å²) in [5.41, 5.74) is -0.878. The van der Waals surface area contributed by atoms with Crippen molar-refractivity contribution in [1.82, 2.24) is 20.0 Å². The van der Waals surface area contributed by atoms with Crippen LogP contribution in [0.2, 0.25) is 0 Å². The summed E-state index contributed by atoms with van der Waals surface area (Å²) in [6, 6.07) is 5.23. The van der Waals surface area contributed by atoms with Crippen molar-refractivity contribution in [2.75, 3.05) is 32.7 Å². The average Bonchev–Trinajstić information content (AvgIpc) is 3.04. The molecule has 1 aromatic rings.